The van der Waals surface area contributed by atoms with Gasteiger partial charge in [-0.25, -0.2) is 8.78 Å². The molecule has 3 amide bonds. The SMILES string of the molecule is CNC(=O)C(NC(=O)CNC(=O)c1cc(-c2ccccc2)on1)c1ccc(F)c(F)c1. The van der Waals surface area contributed by atoms with Crippen molar-refractivity contribution in [3.8, 4) is 11.3 Å². The minimum absolute atomic E-state index is 0.0323. The van der Waals surface area contributed by atoms with E-state index >= 15 is 0 Å². The van der Waals surface area contributed by atoms with Gasteiger partial charge in [-0.2, -0.15) is 0 Å². The van der Waals surface area contributed by atoms with Crippen molar-refractivity contribution in [3.63, 3.8) is 0 Å². The van der Waals surface area contributed by atoms with E-state index in [-0.39, 0.29) is 11.3 Å². The Kier molecular flexibility index (Phi) is 6.71. The summed E-state index contributed by atoms with van der Waals surface area (Å²) < 4.78 is 31.8. The van der Waals surface area contributed by atoms with Gasteiger partial charge in [-0.3, -0.25) is 14.4 Å². The highest BCUT2D eigenvalue weighted by Crippen LogP contribution is 2.20. The molecule has 1 atom stereocenters. The lowest BCUT2D eigenvalue weighted by Gasteiger charge is -2.18. The summed E-state index contributed by atoms with van der Waals surface area (Å²) >= 11 is 0. The van der Waals surface area contributed by atoms with E-state index in [0.717, 1.165) is 17.7 Å². The molecule has 0 spiro atoms. The Labute approximate surface area is 175 Å². The second-order valence-corrected chi connectivity index (χ2v) is 6.41. The summed E-state index contributed by atoms with van der Waals surface area (Å²) in [6, 6.07) is 12.0. The zero-order valence-corrected chi connectivity index (χ0v) is 16.3. The maximum atomic E-state index is 13.5. The van der Waals surface area contributed by atoms with Crippen LogP contribution in [0.4, 0.5) is 8.78 Å². The zero-order valence-electron chi connectivity index (χ0n) is 16.3. The Hall–Kier alpha value is -4.08. The highest BCUT2D eigenvalue weighted by atomic mass is 19.2. The molecule has 160 valence electrons. The van der Waals surface area contributed by atoms with Crippen molar-refractivity contribution in [2.75, 3.05) is 13.6 Å². The summed E-state index contributed by atoms with van der Waals surface area (Å²) in [5.74, 6) is -3.89. The van der Waals surface area contributed by atoms with Crippen molar-refractivity contribution in [1.82, 2.24) is 21.1 Å². The second-order valence-electron chi connectivity index (χ2n) is 6.41. The summed E-state index contributed by atoms with van der Waals surface area (Å²) in [5, 5.41) is 10.7. The fraction of sp³-hybridized carbons (Fsp3) is 0.143. The first-order chi connectivity index (χ1) is 14.9. The molecule has 0 aliphatic rings. The molecule has 0 radical (unpaired) electrons. The van der Waals surface area contributed by atoms with Gasteiger partial charge in [0.2, 0.25) is 11.8 Å². The molecule has 1 unspecified atom stereocenters. The summed E-state index contributed by atoms with van der Waals surface area (Å²) in [4.78, 5) is 36.6. The number of nitrogens with one attached hydrogen (secondary N) is 3. The molecule has 0 aliphatic heterocycles. The van der Waals surface area contributed by atoms with Crippen LogP contribution in [-0.4, -0.2) is 36.5 Å². The van der Waals surface area contributed by atoms with Gasteiger partial charge >= 0.3 is 0 Å². The van der Waals surface area contributed by atoms with Crippen LogP contribution in [-0.2, 0) is 9.59 Å². The van der Waals surface area contributed by atoms with Crippen molar-refractivity contribution in [2.24, 2.45) is 0 Å². The Morgan fingerprint density at radius 1 is 1.03 bits per heavy atom. The van der Waals surface area contributed by atoms with Crippen LogP contribution in [0.15, 0.2) is 59.1 Å². The van der Waals surface area contributed by atoms with Crippen molar-refractivity contribution >= 4 is 17.7 Å². The van der Waals surface area contributed by atoms with E-state index in [0.29, 0.717) is 5.76 Å². The zero-order chi connectivity index (χ0) is 22.4. The molecule has 10 heteroatoms. The molecule has 0 saturated heterocycles. The van der Waals surface area contributed by atoms with Gasteiger partial charge in [-0.15, -0.1) is 0 Å². The van der Waals surface area contributed by atoms with Gasteiger partial charge in [0.05, 0.1) is 6.54 Å². The van der Waals surface area contributed by atoms with Gasteiger partial charge in [0.15, 0.2) is 23.1 Å². The number of carbonyl (C=O) groups is 3. The molecule has 3 N–H and O–H groups in total. The normalized spacial score (nSPS) is 11.5. The van der Waals surface area contributed by atoms with Crippen LogP contribution in [0.2, 0.25) is 0 Å². The predicted octanol–water partition coefficient (Wildman–Crippen LogP) is 1.95. The van der Waals surface area contributed by atoms with E-state index in [9.17, 15) is 23.2 Å². The molecule has 3 rings (SSSR count). The van der Waals surface area contributed by atoms with Crippen LogP contribution in [0.5, 0.6) is 0 Å². The fourth-order valence-electron chi connectivity index (χ4n) is 2.72. The Bertz CT molecular complexity index is 1100. The number of halogens is 2. The lowest BCUT2D eigenvalue weighted by molar-refractivity contribution is -0.128. The van der Waals surface area contributed by atoms with Crippen LogP contribution >= 0.6 is 0 Å². The van der Waals surface area contributed by atoms with Crippen LogP contribution in [0.1, 0.15) is 22.1 Å². The lowest BCUT2D eigenvalue weighted by atomic mass is 10.1. The number of hydrogen-bond acceptors (Lipinski definition) is 5. The highest BCUT2D eigenvalue weighted by molar-refractivity contribution is 5.96. The third-order valence-electron chi connectivity index (χ3n) is 4.30. The highest BCUT2D eigenvalue weighted by Gasteiger charge is 2.23. The topological polar surface area (TPSA) is 113 Å². The van der Waals surface area contributed by atoms with Crippen molar-refractivity contribution in [2.45, 2.75) is 6.04 Å². The number of likely N-dealkylation sites (N-methyl/N-ethyl adjacent to an activating group) is 1. The molecule has 31 heavy (non-hydrogen) atoms. The Morgan fingerprint density at radius 2 is 1.77 bits per heavy atom. The first-order valence-electron chi connectivity index (χ1n) is 9.15. The molecule has 0 bridgehead atoms. The van der Waals surface area contributed by atoms with Gasteiger partial charge in [0, 0.05) is 18.7 Å². The standard InChI is InChI=1S/C21H18F2N4O4/c1-24-21(30)19(13-7-8-14(22)15(23)9-13)26-18(28)11-25-20(29)16-10-17(31-27-16)12-5-3-2-4-6-12/h2-10,19H,11H2,1H3,(H,24,30)(H,25,29)(H,26,28). The smallest absolute Gasteiger partial charge is 0.273 e. The maximum absolute atomic E-state index is 13.5. The molecule has 8 nitrogen and oxygen atoms in total. The van der Waals surface area contributed by atoms with Crippen molar-refractivity contribution < 1.29 is 27.7 Å². The van der Waals surface area contributed by atoms with E-state index in [4.69, 9.17) is 4.52 Å². The van der Waals surface area contributed by atoms with Crippen molar-refractivity contribution in [1.29, 1.82) is 0 Å². The van der Waals surface area contributed by atoms with Gasteiger partial charge in [0.1, 0.15) is 6.04 Å². The number of hydrogen-bond donors (Lipinski definition) is 3. The van der Waals surface area contributed by atoms with E-state index in [2.05, 4.69) is 21.1 Å². The first-order valence-corrected chi connectivity index (χ1v) is 9.15. The third-order valence-corrected chi connectivity index (χ3v) is 4.30. The molecule has 0 aliphatic carbocycles. The van der Waals surface area contributed by atoms with Gasteiger partial charge in [0.25, 0.3) is 5.91 Å². The molecule has 0 saturated carbocycles. The molecular weight excluding hydrogens is 410 g/mol. The molecule has 1 heterocycles. The molecule has 2 aromatic carbocycles. The average Bonchev–Trinajstić information content (AvgIpc) is 3.28. The summed E-state index contributed by atoms with van der Waals surface area (Å²) in [5.41, 5.74) is 0.740. The summed E-state index contributed by atoms with van der Waals surface area (Å²) in [6.45, 7) is -0.483. The van der Waals surface area contributed by atoms with Crippen LogP contribution < -0.4 is 16.0 Å². The van der Waals surface area contributed by atoms with Crippen molar-refractivity contribution in [3.05, 3.63) is 77.5 Å². The maximum Gasteiger partial charge on any atom is 0.273 e. The molecule has 0 fully saturated rings. The minimum Gasteiger partial charge on any atom is -0.357 e. The quantitative estimate of drug-likeness (QED) is 0.532. The number of nitrogens with zero attached hydrogens (tertiary/aromatic N) is 1. The summed E-state index contributed by atoms with van der Waals surface area (Å²) in [7, 11) is 1.33. The van der Waals surface area contributed by atoms with E-state index in [1.165, 1.54) is 19.2 Å². The number of amides is 3. The van der Waals surface area contributed by atoms with E-state index < -0.39 is 41.9 Å². The molecule has 3 aromatic rings. The Morgan fingerprint density at radius 3 is 2.45 bits per heavy atom. The van der Waals surface area contributed by atoms with Gasteiger partial charge in [-0.1, -0.05) is 41.6 Å². The average molecular weight is 428 g/mol. The van der Waals surface area contributed by atoms with Gasteiger partial charge < -0.3 is 20.5 Å². The van der Waals surface area contributed by atoms with Crippen LogP contribution in [0.25, 0.3) is 11.3 Å². The largest absolute Gasteiger partial charge is 0.357 e. The predicted molar refractivity (Wildman–Crippen MR) is 106 cm³/mol. The number of benzene rings is 2. The van der Waals surface area contributed by atoms with Gasteiger partial charge in [-0.05, 0) is 17.7 Å². The van der Waals surface area contributed by atoms with Crippen LogP contribution in [0, 0.1) is 11.6 Å². The monoisotopic (exact) mass is 428 g/mol. The second kappa shape index (κ2) is 9.61. The molecular formula is C21H18F2N4O4. The fourth-order valence-corrected chi connectivity index (χ4v) is 2.72. The van der Waals surface area contributed by atoms with E-state index in [1.54, 1.807) is 24.3 Å². The lowest BCUT2D eigenvalue weighted by Crippen LogP contribution is -2.43. The first kappa shape index (κ1) is 21.6. The number of aromatic nitrogens is 1. The third kappa shape index (κ3) is 5.30. The molecule has 1 aromatic heterocycles. The van der Waals surface area contributed by atoms with E-state index in [1.807, 2.05) is 6.07 Å². The summed E-state index contributed by atoms with van der Waals surface area (Å²) in [6.07, 6.45) is 0. The Balaban J connectivity index is 1.62. The van der Waals surface area contributed by atoms with Crippen LogP contribution in [0.3, 0.4) is 0 Å². The number of rotatable bonds is 7. The number of carbonyl (C=O) groups excluding carboxylic acids is 3. The minimum atomic E-state index is -1.28.